The highest BCUT2D eigenvalue weighted by atomic mass is 35.5. The van der Waals surface area contributed by atoms with Crippen LogP contribution in [-0.2, 0) is 22.4 Å². The molecule has 1 atom stereocenters. The minimum absolute atomic E-state index is 0.0220. The standard InChI is InChI=1S/C27H23ClFN7O3/c1-15-25-21(32-31-15)11-12-35(27(25)23(38)13-17-3-5-18(6-4-17)16(2)37)24(39)10-7-19-22(36-14-30-33-34-36)9-8-20(28)26(19)29/h3-10,14,27H,11-13H2,1-2H3,(H,31,32)/b10-7+. The second-order valence-electron chi connectivity index (χ2n) is 9.17. The van der Waals surface area contributed by atoms with Crippen LogP contribution < -0.4 is 0 Å². The molecule has 0 saturated carbocycles. The number of Topliss-reactive ketones (excluding diaryl/α,β-unsaturated/α-hetero) is 2. The van der Waals surface area contributed by atoms with Crippen LogP contribution in [0, 0.1) is 12.7 Å². The van der Waals surface area contributed by atoms with Crippen molar-refractivity contribution in [1.29, 1.82) is 0 Å². The van der Waals surface area contributed by atoms with Gasteiger partial charge in [-0.2, -0.15) is 9.78 Å². The van der Waals surface area contributed by atoms with E-state index in [1.807, 2.05) is 0 Å². The molecular weight excluding hydrogens is 525 g/mol. The predicted molar refractivity (Wildman–Crippen MR) is 140 cm³/mol. The Kier molecular flexibility index (Phi) is 7.16. The fraction of sp³-hybridized carbons (Fsp3) is 0.222. The summed E-state index contributed by atoms with van der Waals surface area (Å²) in [5.74, 6) is -1.49. The highest BCUT2D eigenvalue weighted by Gasteiger charge is 2.37. The van der Waals surface area contributed by atoms with Crippen LogP contribution in [0.2, 0.25) is 5.02 Å². The quantitative estimate of drug-likeness (QED) is 0.276. The summed E-state index contributed by atoms with van der Waals surface area (Å²) in [4.78, 5) is 40.3. The Hall–Kier alpha value is -4.51. The Morgan fingerprint density at radius 3 is 2.64 bits per heavy atom. The molecule has 0 spiro atoms. The Labute approximate surface area is 227 Å². The Morgan fingerprint density at radius 1 is 1.18 bits per heavy atom. The molecule has 12 heteroatoms. The van der Waals surface area contributed by atoms with Crippen molar-refractivity contribution in [3.05, 3.63) is 93.3 Å². The van der Waals surface area contributed by atoms with Gasteiger partial charge in [-0.05, 0) is 48.0 Å². The molecule has 1 unspecified atom stereocenters. The average Bonchev–Trinajstić information content (AvgIpc) is 3.59. The molecule has 1 aliphatic heterocycles. The van der Waals surface area contributed by atoms with Gasteiger partial charge in [0, 0.05) is 47.8 Å². The number of nitrogens with zero attached hydrogens (tertiary/aromatic N) is 6. The van der Waals surface area contributed by atoms with Gasteiger partial charge < -0.3 is 4.90 Å². The van der Waals surface area contributed by atoms with E-state index in [0.29, 0.717) is 34.5 Å². The molecule has 0 aliphatic carbocycles. The lowest BCUT2D eigenvalue weighted by molar-refractivity contribution is -0.136. The van der Waals surface area contributed by atoms with E-state index in [-0.39, 0.29) is 35.1 Å². The topological polar surface area (TPSA) is 127 Å². The van der Waals surface area contributed by atoms with Crippen LogP contribution in [0.3, 0.4) is 0 Å². The van der Waals surface area contributed by atoms with Crippen LogP contribution in [0.4, 0.5) is 4.39 Å². The predicted octanol–water partition coefficient (Wildman–Crippen LogP) is 3.64. The lowest BCUT2D eigenvalue weighted by Gasteiger charge is -2.34. The molecular formula is C27H23ClFN7O3. The van der Waals surface area contributed by atoms with Crippen molar-refractivity contribution in [2.24, 2.45) is 0 Å². The second-order valence-corrected chi connectivity index (χ2v) is 9.58. The summed E-state index contributed by atoms with van der Waals surface area (Å²) < 4.78 is 16.3. The average molecular weight is 548 g/mol. The summed E-state index contributed by atoms with van der Waals surface area (Å²) in [7, 11) is 0. The van der Waals surface area contributed by atoms with Gasteiger partial charge in [0.05, 0.1) is 16.4 Å². The van der Waals surface area contributed by atoms with E-state index in [2.05, 4.69) is 25.7 Å². The summed E-state index contributed by atoms with van der Waals surface area (Å²) in [5, 5.41) is 18.1. The number of carbonyl (C=O) groups is 3. The number of amides is 1. The highest BCUT2D eigenvalue weighted by Crippen LogP contribution is 2.33. The summed E-state index contributed by atoms with van der Waals surface area (Å²) in [6.45, 7) is 3.53. The fourth-order valence-electron chi connectivity index (χ4n) is 4.72. The molecule has 1 amide bonds. The van der Waals surface area contributed by atoms with Crippen molar-refractivity contribution in [3.8, 4) is 5.69 Å². The van der Waals surface area contributed by atoms with E-state index in [0.717, 1.165) is 5.69 Å². The van der Waals surface area contributed by atoms with Crippen molar-refractivity contribution in [3.63, 3.8) is 0 Å². The van der Waals surface area contributed by atoms with E-state index in [4.69, 9.17) is 11.6 Å². The number of rotatable bonds is 7. The van der Waals surface area contributed by atoms with Gasteiger partial charge in [-0.15, -0.1) is 5.10 Å². The minimum Gasteiger partial charge on any atom is -0.324 e. The molecule has 1 aliphatic rings. The lowest BCUT2D eigenvalue weighted by Crippen LogP contribution is -2.43. The second kappa shape index (κ2) is 10.7. The molecule has 10 nitrogen and oxygen atoms in total. The number of aryl methyl sites for hydroxylation is 1. The van der Waals surface area contributed by atoms with Gasteiger partial charge >= 0.3 is 0 Å². The number of aromatic amines is 1. The number of ketones is 2. The molecule has 2 aromatic carbocycles. The molecule has 198 valence electrons. The maximum atomic E-state index is 15.0. The zero-order valence-electron chi connectivity index (χ0n) is 21.1. The van der Waals surface area contributed by atoms with Crippen LogP contribution in [0.25, 0.3) is 11.8 Å². The van der Waals surface area contributed by atoms with E-state index in [1.165, 1.54) is 47.1 Å². The lowest BCUT2D eigenvalue weighted by atomic mass is 9.90. The van der Waals surface area contributed by atoms with Crippen molar-refractivity contribution >= 4 is 35.2 Å². The van der Waals surface area contributed by atoms with Gasteiger partial charge in [0.2, 0.25) is 5.91 Å². The van der Waals surface area contributed by atoms with E-state index >= 15 is 4.39 Å². The molecule has 3 heterocycles. The normalized spacial score (nSPS) is 15.0. The van der Waals surface area contributed by atoms with Gasteiger partial charge in [-0.25, -0.2) is 4.39 Å². The number of tetrazole rings is 1. The highest BCUT2D eigenvalue weighted by molar-refractivity contribution is 6.31. The van der Waals surface area contributed by atoms with E-state index in [1.54, 1.807) is 31.2 Å². The van der Waals surface area contributed by atoms with Gasteiger partial charge in [0.15, 0.2) is 17.4 Å². The van der Waals surface area contributed by atoms with E-state index in [9.17, 15) is 14.4 Å². The van der Waals surface area contributed by atoms with Crippen molar-refractivity contribution in [2.75, 3.05) is 6.54 Å². The number of hydrogen-bond donors (Lipinski definition) is 1. The molecule has 39 heavy (non-hydrogen) atoms. The number of carbonyl (C=O) groups excluding carboxylic acids is 3. The monoisotopic (exact) mass is 547 g/mol. The molecule has 0 radical (unpaired) electrons. The van der Waals surface area contributed by atoms with Gasteiger partial charge in [0.25, 0.3) is 0 Å². The number of fused-ring (bicyclic) bond motifs is 1. The Morgan fingerprint density at radius 2 is 1.95 bits per heavy atom. The van der Waals surface area contributed by atoms with Crippen molar-refractivity contribution in [1.82, 2.24) is 35.3 Å². The number of H-pyrrole nitrogens is 1. The van der Waals surface area contributed by atoms with Crippen LogP contribution in [-0.4, -0.2) is 59.3 Å². The molecule has 2 aromatic heterocycles. The van der Waals surface area contributed by atoms with Crippen LogP contribution in [0.5, 0.6) is 0 Å². The maximum absolute atomic E-state index is 15.0. The third kappa shape index (κ3) is 5.13. The first-order valence-corrected chi connectivity index (χ1v) is 12.5. The summed E-state index contributed by atoms with van der Waals surface area (Å²) in [5.41, 5.74) is 3.66. The molecule has 0 saturated heterocycles. The number of benzene rings is 2. The minimum atomic E-state index is -0.889. The van der Waals surface area contributed by atoms with Crippen molar-refractivity contribution < 1.29 is 18.8 Å². The van der Waals surface area contributed by atoms with Crippen LogP contribution >= 0.6 is 11.6 Å². The zero-order valence-corrected chi connectivity index (χ0v) is 21.8. The third-order valence-corrected chi connectivity index (χ3v) is 6.96. The fourth-order valence-corrected chi connectivity index (χ4v) is 4.88. The first-order valence-electron chi connectivity index (χ1n) is 12.1. The smallest absolute Gasteiger partial charge is 0.247 e. The first-order chi connectivity index (χ1) is 18.7. The van der Waals surface area contributed by atoms with Gasteiger partial charge in [-0.1, -0.05) is 35.9 Å². The molecule has 1 N–H and O–H groups in total. The van der Waals surface area contributed by atoms with E-state index < -0.39 is 17.8 Å². The molecule has 4 aromatic rings. The molecule has 5 rings (SSSR count). The summed E-state index contributed by atoms with van der Waals surface area (Å²) in [6, 6.07) is 8.84. The van der Waals surface area contributed by atoms with Crippen LogP contribution in [0.15, 0.2) is 48.8 Å². The zero-order chi connectivity index (χ0) is 27.7. The number of aromatic nitrogens is 6. The Bertz CT molecular complexity index is 1600. The largest absolute Gasteiger partial charge is 0.324 e. The van der Waals surface area contributed by atoms with Gasteiger partial charge in [-0.3, -0.25) is 19.5 Å². The van der Waals surface area contributed by atoms with Crippen molar-refractivity contribution in [2.45, 2.75) is 32.7 Å². The first kappa shape index (κ1) is 26.1. The summed E-state index contributed by atoms with van der Waals surface area (Å²) in [6.07, 6.45) is 4.32. The molecule has 0 fully saturated rings. The summed E-state index contributed by atoms with van der Waals surface area (Å²) >= 11 is 6.00. The van der Waals surface area contributed by atoms with Gasteiger partial charge in [0.1, 0.15) is 12.4 Å². The third-order valence-electron chi connectivity index (χ3n) is 6.67. The number of nitrogens with one attached hydrogen (secondary N) is 1. The van der Waals surface area contributed by atoms with Crippen LogP contribution in [0.1, 0.15) is 51.4 Å². The SMILES string of the molecule is CC(=O)c1ccc(CC(=O)C2c3c(n[nH]c3C)CCN2C(=O)/C=C/c2c(-n3cnnn3)ccc(Cl)c2F)cc1. The number of halogens is 2. The molecule has 0 bridgehead atoms. The maximum Gasteiger partial charge on any atom is 0.247 e. The Balaban J connectivity index is 1.46. The number of hydrogen-bond acceptors (Lipinski definition) is 7.